The molecule has 3 nitrogen and oxygen atoms in total. The van der Waals surface area contributed by atoms with E-state index in [-0.39, 0.29) is 6.29 Å². The van der Waals surface area contributed by atoms with E-state index in [1.165, 1.54) is 83.5 Å². The van der Waals surface area contributed by atoms with E-state index in [1.807, 2.05) is 6.08 Å². The molecular formula is C25H44O3. The highest BCUT2D eigenvalue weighted by atomic mass is 16.7. The molecule has 1 aliphatic heterocycles. The smallest absolute Gasteiger partial charge is 0.157 e. The van der Waals surface area contributed by atoms with Crippen LogP contribution in [0.5, 0.6) is 0 Å². The molecule has 0 aromatic rings. The fourth-order valence-electron chi connectivity index (χ4n) is 4.65. The van der Waals surface area contributed by atoms with Crippen molar-refractivity contribution in [3.8, 4) is 0 Å². The number of hydrogen-bond acceptors (Lipinski definition) is 3. The quantitative estimate of drug-likeness (QED) is 0.233. The molecule has 0 spiro atoms. The highest BCUT2D eigenvalue weighted by molar-refractivity contribution is 5.89. The number of ether oxygens (including phenoxy) is 2. The third kappa shape index (κ3) is 9.69. The van der Waals surface area contributed by atoms with E-state index in [0.717, 1.165) is 38.9 Å². The monoisotopic (exact) mass is 392 g/mol. The summed E-state index contributed by atoms with van der Waals surface area (Å²) in [5, 5.41) is 0. The summed E-state index contributed by atoms with van der Waals surface area (Å²) < 4.78 is 11.5. The van der Waals surface area contributed by atoms with Gasteiger partial charge in [-0.05, 0) is 62.9 Å². The number of rotatable bonds is 14. The van der Waals surface area contributed by atoms with Gasteiger partial charge in [0.1, 0.15) is 0 Å². The highest BCUT2D eigenvalue weighted by Gasteiger charge is 2.28. The molecule has 3 heteroatoms. The van der Waals surface area contributed by atoms with E-state index in [2.05, 4.69) is 13.0 Å². The molecule has 0 aromatic heterocycles. The maximum Gasteiger partial charge on any atom is 0.157 e. The number of carbonyl (C=O) groups is 1. The Hall–Kier alpha value is -0.670. The Kier molecular flexibility index (Phi) is 12.1. The van der Waals surface area contributed by atoms with Crippen molar-refractivity contribution >= 4 is 5.78 Å². The molecule has 1 saturated heterocycles. The molecule has 0 aromatic carbocycles. The van der Waals surface area contributed by atoms with E-state index in [1.54, 1.807) is 0 Å². The summed E-state index contributed by atoms with van der Waals surface area (Å²) in [6, 6.07) is 0. The van der Waals surface area contributed by atoms with Crippen molar-refractivity contribution in [2.24, 2.45) is 5.41 Å². The molecule has 28 heavy (non-hydrogen) atoms. The van der Waals surface area contributed by atoms with Crippen LogP contribution in [0.25, 0.3) is 0 Å². The fourth-order valence-corrected chi connectivity index (χ4v) is 4.65. The third-order valence-corrected chi connectivity index (χ3v) is 6.51. The molecule has 162 valence electrons. The lowest BCUT2D eigenvalue weighted by atomic mass is 9.70. The van der Waals surface area contributed by atoms with Crippen LogP contribution in [0.15, 0.2) is 12.2 Å². The average molecular weight is 393 g/mol. The van der Waals surface area contributed by atoms with Gasteiger partial charge in [-0.3, -0.25) is 4.79 Å². The molecule has 0 amide bonds. The minimum atomic E-state index is 0.0549. The zero-order valence-electron chi connectivity index (χ0n) is 18.4. The van der Waals surface area contributed by atoms with Gasteiger partial charge in [0.2, 0.25) is 0 Å². The van der Waals surface area contributed by atoms with Gasteiger partial charge < -0.3 is 9.47 Å². The molecule has 2 fully saturated rings. The first kappa shape index (κ1) is 23.6. The second-order valence-electron chi connectivity index (χ2n) is 9.01. The topological polar surface area (TPSA) is 35.5 Å². The van der Waals surface area contributed by atoms with Gasteiger partial charge in [-0.15, -0.1) is 0 Å². The Labute approximate surface area is 173 Å². The van der Waals surface area contributed by atoms with Gasteiger partial charge in [-0.1, -0.05) is 64.4 Å². The maximum absolute atomic E-state index is 12.2. The minimum absolute atomic E-state index is 0.0549. The van der Waals surface area contributed by atoms with Crippen molar-refractivity contribution < 1.29 is 14.3 Å². The SMILES string of the molecule is CCCCCC(=O)C=CC1(CCCCCCOC2CCCCO2)CCCCC1. The van der Waals surface area contributed by atoms with Gasteiger partial charge in [0.25, 0.3) is 0 Å². The largest absolute Gasteiger partial charge is 0.353 e. The first-order valence-electron chi connectivity index (χ1n) is 12.2. The van der Waals surface area contributed by atoms with Gasteiger partial charge in [-0.25, -0.2) is 0 Å². The standard InChI is InChI=1S/C25H44O3/c1-2-3-7-14-23(26)16-20-25(18-10-6-11-19-25)17-9-4-5-12-21-27-24-15-8-13-22-28-24/h16,20,24H,2-15,17-19,21-22H2,1H3. The van der Waals surface area contributed by atoms with Crippen molar-refractivity contribution in [2.75, 3.05) is 13.2 Å². The van der Waals surface area contributed by atoms with Crippen molar-refractivity contribution in [3.05, 3.63) is 12.2 Å². The third-order valence-electron chi connectivity index (χ3n) is 6.51. The molecule has 1 unspecified atom stereocenters. The summed E-state index contributed by atoms with van der Waals surface area (Å²) in [6.07, 6.45) is 24.6. The Bertz CT molecular complexity index is 431. The highest BCUT2D eigenvalue weighted by Crippen LogP contribution is 2.42. The predicted octanol–water partition coefficient (Wildman–Crippen LogP) is 7.14. The Morgan fingerprint density at radius 3 is 2.57 bits per heavy atom. The summed E-state index contributed by atoms with van der Waals surface area (Å²) in [5.74, 6) is 0.334. The van der Waals surface area contributed by atoms with Crippen LogP contribution in [0.4, 0.5) is 0 Å². The molecule has 1 saturated carbocycles. The van der Waals surface area contributed by atoms with Crippen LogP contribution in [0.2, 0.25) is 0 Å². The Morgan fingerprint density at radius 1 is 1.00 bits per heavy atom. The van der Waals surface area contributed by atoms with E-state index in [0.29, 0.717) is 11.2 Å². The molecule has 0 radical (unpaired) electrons. The summed E-state index contributed by atoms with van der Waals surface area (Å²) in [6.45, 7) is 3.89. The fraction of sp³-hybridized carbons (Fsp3) is 0.880. The van der Waals surface area contributed by atoms with Crippen LogP contribution in [0.3, 0.4) is 0 Å². The van der Waals surface area contributed by atoms with Gasteiger partial charge in [0.05, 0.1) is 0 Å². The zero-order valence-corrected chi connectivity index (χ0v) is 18.4. The summed E-state index contributed by atoms with van der Waals surface area (Å²) in [4.78, 5) is 12.2. The molecule has 0 bridgehead atoms. The van der Waals surface area contributed by atoms with E-state index in [4.69, 9.17) is 9.47 Å². The number of unbranched alkanes of at least 4 members (excludes halogenated alkanes) is 5. The number of allylic oxidation sites excluding steroid dienone is 2. The normalized spacial score (nSPS) is 22.5. The first-order chi connectivity index (χ1) is 13.7. The lowest BCUT2D eigenvalue weighted by Gasteiger charge is -2.35. The van der Waals surface area contributed by atoms with Crippen LogP contribution in [-0.4, -0.2) is 25.3 Å². The minimum Gasteiger partial charge on any atom is -0.353 e. The van der Waals surface area contributed by atoms with Gasteiger partial charge in [-0.2, -0.15) is 0 Å². The second kappa shape index (κ2) is 14.3. The van der Waals surface area contributed by atoms with E-state index in [9.17, 15) is 4.79 Å². The first-order valence-corrected chi connectivity index (χ1v) is 12.2. The summed E-state index contributed by atoms with van der Waals surface area (Å²) in [7, 11) is 0. The zero-order chi connectivity index (χ0) is 19.9. The predicted molar refractivity (Wildman–Crippen MR) is 116 cm³/mol. The van der Waals surface area contributed by atoms with E-state index >= 15 is 0 Å². The van der Waals surface area contributed by atoms with Crippen molar-refractivity contribution in [3.63, 3.8) is 0 Å². The van der Waals surface area contributed by atoms with Gasteiger partial charge in [0, 0.05) is 19.6 Å². The Balaban J connectivity index is 1.62. The molecule has 2 rings (SSSR count). The molecule has 1 aliphatic carbocycles. The van der Waals surface area contributed by atoms with Crippen molar-refractivity contribution in [1.29, 1.82) is 0 Å². The van der Waals surface area contributed by atoms with Crippen LogP contribution < -0.4 is 0 Å². The molecular weight excluding hydrogens is 348 g/mol. The number of carbonyl (C=O) groups excluding carboxylic acids is 1. The summed E-state index contributed by atoms with van der Waals surface area (Å²) in [5.41, 5.74) is 0.297. The average Bonchev–Trinajstić information content (AvgIpc) is 2.73. The van der Waals surface area contributed by atoms with Crippen molar-refractivity contribution in [1.82, 2.24) is 0 Å². The lowest BCUT2D eigenvalue weighted by Crippen LogP contribution is -2.22. The molecule has 1 atom stereocenters. The van der Waals surface area contributed by atoms with Crippen LogP contribution >= 0.6 is 0 Å². The van der Waals surface area contributed by atoms with Crippen LogP contribution in [0, 0.1) is 5.41 Å². The number of hydrogen-bond donors (Lipinski definition) is 0. The van der Waals surface area contributed by atoms with Crippen LogP contribution in [-0.2, 0) is 14.3 Å². The maximum atomic E-state index is 12.2. The lowest BCUT2D eigenvalue weighted by molar-refractivity contribution is -0.162. The summed E-state index contributed by atoms with van der Waals surface area (Å²) >= 11 is 0. The number of ketones is 1. The second-order valence-corrected chi connectivity index (χ2v) is 9.01. The molecule has 0 N–H and O–H groups in total. The van der Waals surface area contributed by atoms with Crippen LogP contribution in [0.1, 0.15) is 116 Å². The molecule has 1 heterocycles. The van der Waals surface area contributed by atoms with Gasteiger partial charge in [0.15, 0.2) is 12.1 Å². The Morgan fingerprint density at radius 2 is 1.82 bits per heavy atom. The van der Waals surface area contributed by atoms with Gasteiger partial charge >= 0.3 is 0 Å². The molecule has 2 aliphatic rings. The van der Waals surface area contributed by atoms with Crippen molar-refractivity contribution in [2.45, 2.75) is 122 Å². The van der Waals surface area contributed by atoms with E-state index < -0.39 is 0 Å².